The predicted molar refractivity (Wildman–Crippen MR) is 131 cm³/mol. The molecule has 0 aliphatic rings. The van der Waals surface area contributed by atoms with Gasteiger partial charge in [0.25, 0.3) is 5.91 Å². The van der Waals surface area contributed by atoms with Crippen LogP contribution in [0.25, 0.3) is 28.0 Å². The van der Waals surface area contributed by atoms with Gasteiger partial charge < -0.3 is 15.5 Å². The number of thioether (sulfide) groups is 1. The Morgan fingerprint density at radius 3 is 2.32 bits per heavy atom. The number of hydrogen-bond acceptors (Lipinski definition) is 6. The Kier molecular flexibility index (Phi) is 5.84. The lowest BCUT2D eigenvalue weighted by Gasteiger charge is -2.10. The number of anilines is 1. The van der Waals surface area contributed by atoms with Gasteiger partial charge in [-0.3, -0.25) is 14.2 Å². The van der Waals surface area contributed by atoms with E-state index in [1.54, 1.807) is 24.3 Å². The third-order valence-corrected chi connectivity index (χ3v) is 6.02. The number of furan rings is 1. The summed E-state index contributed by atoms with van der Waals surface area (Å²) >= 11 is 1.24. The number of para-hydroxylation sites is 2. The summed E-state index contributed by atoms with van der Waals surface area (Å²) in [4.78, 5) is 24.7. The smallest absolute Gasteiger partial charge is 0.286 e. The van der Waals surface area contributed by atoms with Crippen molar-refractivity contribution in [2.24, 2.45) is 5.73 Å². The minimum absolute atomic E-state index is 0.0392. The van der Waals surface area contributed by atoms with Crippen molar-refractivity contribution in [1.82, 2.24) is 14.8 Å². The molecule has 0 saturated carbocycles. The zero-order valence-corrected chi connectivity index (χ0v) is 18.7. The van der Waals surface area contributed by atoms with E-state index < -0.39 is 5.91 Å². The molecule has 0 spiro atoms. The minimum atomic E-state index is -0.754. The van der Waals surface area contributed by atoms with Crippen molar-refractivity contribution in [2.75, 3.05) is 11.1 Å². The Morgan fingerprint density at radius 1 is 0.912 bits per heavy atom. The third-order valence-electron chi connectivity index (χ3n) is 5.10. The number of carbonyl (C=O) groups excluding carboxylic acids is 2. The number of benzene rings is 3. The van der Waals surface area contributed by atoms with Gasteiger partial charge in [0.2, 0.25) is 11.7 Å². The van der Waals surface area contributed by atoms with Crippen molar-refractivity contribution in [2.45, 2.75) is 5.16 Å². The van der Waals surface area contributed by atoms with Gasteiger partial charge in [0.1, 0.15) is 11.3 Å². The Balaban J connectivity index is 1.42. The molecule has 3 aromatic carbocycles. The van der Waals surface area contributed by atoms with Gasteiger partial charge in [0.15, 0.2) is 11.0 Å². The van der Waals surface area contributed by atoms with Crippen LogP contribution in [0.4, 0.5) is 5.69 Å². The molecule has 0 unspecified atom stereocenters. The molecule has 8 nitrogen and oxygen atoms in total. The highest BCUT2D eigenvalue weighted by Crippen LogP contribution is 2.32. The van der Waals surface area contributed by atoms with Crippen molar-refractivity contribution in [3.8, 4) is 17.1 Å². The van der Waals surface area contributed by atoms with Gasteiger partial charge in [-0.15, -0.1) is 10.2 Å². The highest BCUT2D eigenvalue weighted by molar-refractivity contribution is 7.99. The van der Waals surface area contributed by atoms with E-state index in [2.05, 4.69) is 15.5 Å². The Hall–Kier alpha value is -4.37. The van der Waals surface area contributed by atoms with Crippen molar-refractivity contribution >= 4 is 40.2 Å². The van der Waals surface area contributed by atoms with E-state index in [4.69, 9.17) is 10.2 Å². The highest BCUT2D eigenvalue weighted by atomic mass is 32.2. The summed E-state index contributed by atoms with van der Waals surface area (Å²) in [5, 5.41) is 12.7. The van der Waals surface area contributed by atoms with Crippen LogP contribution in [0.3, 0.4) is 0 Å². The number of nitrogens with two attached hydrogens (primary N) is 1. The zero-order chi connectivity index (χ0) is 23.5. The second kappa shape index (κ2) is 9.24. The summed E-state index contributed by atoms with van der Waals surface area (Å²) < 4.78 is 7.44. The maximum atomic E-state index is 12.8. The molecule has 5 aromatic rings. The quantitative estimate of drug-likeness (QED) is 0.339. The number of fused-ring (bicyclic) bond motifs is 1. The molecule has 0 bridgehead atoms. The van der Waals surface area contributed by atoms with E-state index in [9.17, 15) is 9.59 Å². The Labute approximate surface area is 198 Å². The number of rotatable bonds is 7. The van der Waals surface area contributed by atoms with Crippen LogP contribution >= 0.6 is 11.8 Å². The van der Waals surface area contributed by atoms with Crippen LogP contribution in [0.5, 0.6) is 0 Å². The van der Waals surface area contributed by atoms with Crippen LogP contribution in [0, 0.1) is 0 Å². The Bertz CT molecular complexity index is 1480. The molecular formula is C25H19N5O3S. The number of nitrogens with zero attached hydrogens (tertiary/aromatic N) is 3. The van der Waals surface area contributed by atoms with Gasteiger partial charge in [0, 0.05) is 16.6 Å². The standard InChI is InChI=1S/C25H19N5O3S/c26-23(32)22-21(18-13-7-8-14-19(18)33-22)27-20(31)15-34-25-29-28-24(16-9-3-1-4-10-16)30(25)17-11-5-2-6-12-17/h1-14H,15H2,(H2,26,32)(H,27,31). The Morgan fingerprint density at radius 2 is 1.59 bits per heavy atom. The van der Waals surface area contributed by atoms with Crippen molar-refractivity contribution in [3.63, 3.8) is 0 Å². The van der Waals surface area contributed by atoms with Crippen LogP contribution < -0.4 is 11.1 Å². The lowest BCUT2D eigenvalue weighted by Crippen LogP contribution is -2.18. The normalized spacial score (nSPS) is 10.9. The molecule has 0 aliphatic heterocycles. The SMILES string of the molecule is NC(=O)c1oc2ccccc2c1NC(=O)CSc1nnc(-c2ccccc2)n1-c1ccccc1. The minimum Gasteiger partial charge on any atom is -0.449 e. The molecule has 34 heavy (non-hydrogen) atoms. The van der Waals surface area contributed by atoms with E-state index in [0.29, 0.717) is 22.0 Å². The molecule has 0 fully saturated rings. The third kappa shape index (κ3) is 4.16. The number of carbonyl (C=O) groups is 2. The first-order chi connectivity index (χ1) is 16.6. The van der Waals surface area contributed by atoms with Crippen LogP contribution in [0.2, 0.25) is 0 Å². The summed E-state index contributed by atoms with van der Waals surface area (Å²) in [7, 11) is 0. The monoisotopic (exact) mass is 469 g/mol. The van der Waals surface area contributed by atoms with E-state index >= 15 is 0 Å². The zero-order valence-electron chi connectivity index (χ0n) is 17.8. The van der Waals surface area contributed by atoms with Gasteiger partial charge in [-0.05, 0) is 24.3 Å². The fraction of sp³-hybridized carbons (Fsp3) is 0.0400. The lowest BCUT2D eigenvalue weighted by atomic mass is 10.2. The topological polar surface area (TPSA) is 116 Å². The van der Waals surface area contributed by atoms with Crippen molar-refractivity contribution < 1.29 is 14.0 Å². The predicted octanol–water partition coefficient (Wildman–Crippen LogP) is 4.51. The van der Waals surface area contributed by atoms with Crippen LogP contribution in [-0.4, -0.2) is 32.3 Å². The second-order valence-electron chi connectivity index (χ2n) is 7.35. The number of aromatic nitrogens is 3. The van der Waals surface area contributed by atoms with Gasteiger partial charge in [-0.1, -0.05) is 72.4 Å². The molecule has 2 heterocycles. The molecular weight excluding hydrogens is 450 g/mol. The first kappa shape index (κ1) is 21.5. The summed E-state index contributed by atoms with van der Waals surface area (Å²) in [6.07, 6.45) is 0. The summed E-state index contributed by atoms with van der Waals surface area (Å²) in [6, 6.07) is 26.5. The fourth-order valence-corrected chi connectivity index (χ4v) is 4.35. The first-order valence-corrected chi connectivity index (χ1v) is 11.4. The fourth-order valence-electron chi connectivity index (χ4n) is 3.60. The number of amides is 2. The largest absolute Gasteiger partial charge is 0.449 e. The first-order valence-electron chi connectivity index (χ1n) is 10.4. The number of nitrogens with one attached hydrogen (secondary N) is 1. The number of hydrogen-bond donors (Lipinski definition) is 2. The highest BCUT2D eigenvalue weighted by Gasteiger charge is 2.21. The van der Waals surface area contributed by atoms with E-state index in [-0.39, 0.29) is 23.1 Å². The van der Waals surface area contributed by atoms with Crippen molar-refractivity contribution in [3.05, 3.63) is 90.7 Å². The molecule has 168 valence electrons. The lowest BCUT2D eigenvalue weighted by molar-refractivity contribution is -0.113. The van der Waals surface area contributed by atoms with Crippen LogP contribution in [-0.2, 0) is 4.79 Å². The van der Waals surface area contributed by atoms with Crippen molar-refractivity contribution in [1.29, 1.82) is 0 Å². The molecule has 2 amide bonds. The molecule has 2 aromatic heterocycles. The van der Waals surface area contributed by atoms with E-state index in [1.165, 1.54) is 11.8 Å². The van der Waals surface area contributed by atoms with E-state index in [1.807, 2.05) is 65.2 Å². The molecule has 0 atom stereocenters. The molecule has 0 saturated heterocycles. The number of primary amides is 1. The van der Waals surface area contributed by atoms with E-state index in [0.717, 1.165) is 11.3 Å². The average molecular weight is 470 g/mol. The maximum Gasteiger partial charge on any atom is 0.286 e. The molecule has 5 rings (SSSR count). The average Bonchev–Trinajstić information content (AvgIpc) is 3.46. The summed E-state index contributed by atoms with van der Waals surface area (Å²) in [5.74, 6) is -0.458. The molecule has 9 heteroatoms. The second-order valence-corrected chi connectivity index (χ2v) is 8.29. The van der Waals surface area contributed by atoms with Crippen LogP contribution in [0.1, 0.15) is 10.6 Å². The van der Waals surface area contributed by atoms with Gasteiger partial charge in [0.05, 0.1) is 5.75 Å². The van der Waals surface area contributed by atoms with Gasteiger partial charge >= 0.3 is 0 Å². The summed E-state index contributed by atoms with van der Waals surface area (Å²) in [5.41, 5.74) is 7.97. The van der Waals surface area contributed by atoms with Crippen LogP contribution in [0.15, 0.2) is 94.5 Å². The summed E-state index contributed by atoms with van der Waals surface area (Å²) in [6.45, 7) is 0. The maximum absolute atomic E-state index is 12.8. The van der Waals surface area contributed by atoms with Gasteiger partial charge in [-0.25, -0.2) is 0 Å². The molecule has 0 radical (unpaired) electrons. The molecule has 0 aliphatic carbocycles. The van der Waals surface area contributed by atoms with Gasteiger partial charge in [-0.2, -0.15) is 0 Å². The molecule has 3 N–H and O–H groups in total.